The van der Waals surface area contributed by atoms with Crippen molar-refractivity contribution in [2.24, 2.45) is 17.8 Å². The lowest BCUT2D eigenvalue weighted by Gasteiger charge is -2.21. The minimum atomic E-state index is -4.96. The van der Waals surface area contributed by atoms with Gasteiger partial charge in [0.15, 0.2) is 12.2 Å². The molecule has 0 aliphatic carbocycles. The van der Waals surface area contributed by atoms with Gasteiger partial charge in [-0.3, -0.25) is 37.3 Å². The van der Waals surface area contributed by atoms with Crippen LogP contribution in [-0.4, -0.2) is 96.7 Å². The molecule has 0 rings (SSSR count). The van der Waals surface area contributed by atoms with E-state index in [1.165, 1.54) is 180 Å². The molecule has 0 radical (unpaired) electrons. The van der Waals surface area contributed by atoms with Gasteiger partial charge >= 0.3 is 39.5 Å². The molecular weight excluding hydrogens is 1220 g/mol. The van der Waals surface area contributed by atoms with E-state index in [2.05, 4.69) is 48.5 Å². The molecule has 0 spiro atoms. The summed E-state index contributed by atoms with van der Waals surface area (Å²) in [5.74, 6) is 0.100. The smallest absolute Gasteiger partial charge is 0.462 e. The fourth-order valence-electron chi connectivity index (χ4n) is 11.2. The first-order valence-electron chi connectivity index (χ1n) is 38.4. The third-order valence-electron chi connectivity index (χ3n) is 17.9. The summed E-state index contributed by atoms with van der Waals surface area (Å²) in [7, 11) is -9.91. The molecule has 3 N–H and O–H groups in total. The van der Waals surface area contributed by atoms with Gasteiger partial charge in [-0.1, -0.05) is 325 Å². The second kappa shape index (κ2) is 64.7. The zero-order chi connectivity index (χ0) is 68.7. The molecule has 0 aromatic heterocycles. The van der Waals surface area contributed by atoms with Crippen LogP contribution in [0.3, 0.4) is 0 Å². The molecule has 0 saturated carbocycles. The van der Waals surface area contributed by atoms with Gasteiger partial charge in [0.25, 0.3) is 0 Å². The number of aliphatic hydroxyl groups excluding tert-OH is 1. The SMILES string of the molecule is CCCCCCCCCCCCCCCCCCCCCCC(=O)O[C@H](COC(=O)CCCCCCCCCCC(C)CC)COP(=O)(O)OC[C@@H](O)COP(=O)(O)OC[C@@H](COC(=O)CCCCCCCCC(C)C)OC(=O)CCCCCCCCCCC(C)CC. The molecule has 19 heteroatoms. The van der Waals surface area contributed by atoms with E-state index in [4.69, 9.17) is 37.0 Å². The van der Waals surface area contributed by atoms with Crippen molar-refractivity contribution in [1.29, 1.82) is 0 Å². The van der Waals surface area contributed by atoms with E-state index in [-0.39, 0.29) is 25.7 Å². The predicted molar refractivity (Wildman–Crippen MR) is 377 cm³/mol. The molecule has 0 aromatic carbocycles. The van der Waals surface area contributed by atoms with Crippen LogP contribution in [-0.2, 0) is 65.4 Å². The summed E-state index contributed by atoms with van der Waals surface area (Å²) in [6, 6.07) is 0. The van der Waals surface area contributed by atoms with Gasteiger partial charge in [0.05, 0.1) is 26.4 Å². The normalized spacial score (nSPS) is 14.7. The Hall–Kier alpha value is -1.94. The van der Waals surface area contributed by atoms with Crippen molar-refractivity contribution in [3.05, 3.63) is 0 Å². The van der Waals surface area contributed by atoms with E-state index < -0.39 is 97.5 Å². The summed E-state index contributed by atoms with van der Waals surface area (Å²) in [5, 5.41) is 10.6. The highest BCUT2D eigenvalue weighted by molar-refractivity contribution is 7.47. The Morgan fingerprint density at radius 3 is 0.817 bits per heavy atom. The van der Waals surface area contributed by atoms with Crippen LogP contribution < -0.4 is 0 Å². The number of carbonyl (C=O) groups excluding carboxylic acids is 4. The number of phosphoric acid groups is 2. The maximum Gasteiger partial charge on any atom is 0.472 e. The summed E-state index contributed by atoms with van der Waals surface area (Å²) < 4.78 is 68.4. The second-order valence-corrected chi connectivity index (χ2v) is 30.6. The Labute approximate surface area is 568 Å². The lowest BCUT2D eigenvalue weighted by molar-refractivity contribution is -0.161. The van der Waals surface area contributed by atoms with Crippen LogP contribution in [0, 0.1) is 17.8 Å². The number of rotatable bonds is 72. The summed E-state index contributed by atoms with van der Waals surface area (Å²) in [5.41, 5.74) is 0. The largest absolute Gasteiger partial charge is 0.472 e. The number of carbonyl (C=O) groups is 4. The fraction of sp³-hybridized carbons (Fsp3) is 0.946. The fourth-order valence-corrected chi connectivity index (χ4v) is 12.8. The van der Waals surface area contributed by atoms with Crippen LogP contribution in [0.25, 0.3) is 0 Å². The zero-order valence-electron chi connectivity index (χ0n) is 60.7. The first-order valence-corrected chi connectivity index (χ1v) is 41.4. The summed E-state index contributed by atoms with van der Waals surface area (Å²) >= 11 is 0. The van der Waals surface area contributed by atoms with E-state index in [1.54, 1.807) is 0 Å². The number of hydrogen-bond donors (Lipinski definition) is 3. The molecule has 0 bridgehead atoms. The standard InChI is InChI=1S/C74H144O17P2/c1-8-11-12-13-14-15-16-17-18-19-20-21-22-23-24-25-26-34-43-50-57-73(78)90-69(61-84-71(76)55-48-41-33-29-27-31-39-46-53-66(6)9-2)63-88-92(80,81)86-59-68(75)60-87-93(82,83)89-64-70(62-85-72(77)56-49-42-37-36-38-45-52-65(4)5)91-74(79)58-51-44-35-30-28-32-40-47-54-67(7)10-3/h65-70,75H,8-64H2,1-7H3,(H,80,81)(H,82,83)/t66?,67?,68-,69-,70-/m1/s1. The van der Waals surface area contributed by atoms with Crippen molar-refractivity contribution in [2.75, 3.05) is 39.6 Å². The monoisotopic (exact) mass is 1370 g/mol. The molecule has 0 amide bonds. The first kappa shape index (κ1) is 91.1. The molecule has 93 heavy (non-hydrogen) atoms. The third kappa shape index (κ3) is 65.8. The predicted octanol–water partition coefficient (Wildman–Crippen LogP) is 21.4. The van der Waals surface area contributed by atoms with E-state index in [9.17, 15) is 43.2 Å². The highest BCUT2D eigenvalue weighted by atomic mass is 31.2. The maximum atomic E-state index is 13.1. The van der Waals surface area contributed by atoms with E-state index in [1.807, 2.05) is 0 Å². The Balaban J connectivity index is 5.21. The summed E-state index contributed by atoms with van der Waals surface area (Å²) in [4.78, 5) is 72.7. The summed E-state index contributed by atoms with van der Waals surface area (Å²) in [6.07, 6.45) is 50.2. The van der Waals surface area contributed by atoms with Crippen molar-refractivity contribution < 1.29 is 80.2 Å². The van der Waals surface area contributed by atoms with Crippen LogP contribution in [0.15, 0.2) is 0 Å². The van der Waals surface area contributed by atoms with Gasteiger partial charge < -0.3 is 33.8 Å². The molecular formula is C74H144O17P2. The number of hydrogen-bond acceptors (Lipinski definition) is 15. The van der Waals surface area contributed by atoms with E-state index in [0.29, 0.717) is 31.6 Å². The molecule has 552 valence electrons. The highest BCUT2D eigenvalue weighted by Crippen LogP contribution is 2.45. The highest BCUT2D eigenvalue weighted by Gasteiger charge is 2.30. The van der Waals surface area contributed by atoms with Gasteiger partial charge in [-0.2, -0.15) is 0 Å². The Morgan fingerprint density at radius 2 is 0.548 bits per heavy atom. The van der Waals surface area contributed by atoms with Gasteiger partial charge in [0.2, 0.25) is 0 Å². The molecule has 7 atom stereocenters. The van der Waals surface area contributed by atoms with Crippen LogP contribution in [0.5, 0.6) is 0 Å². The molecule has 0 saturated heterocycles. The molecule has 0 aromatic rings. The Morgan fingerprint density at radius 1 is 0.312 bits per heavy atom. The first-order chi connectivity index (χ1) is 44.8. The zero-order valence-corrected chi connectivity index (χ0v) is 62.5. The average molecular weight is 1370 g/mol. The van der Waals surface area contributed by atoms with Gasteiger partial charge in [0, 0.05) is 25.7 Å². The Kier molecular flexibility index (Phi) is 63.4. The van der Waals surface area contributed by atoms with E-state index >= 15 is 0 Å². The third-order valence-corrected chi connectivity index (χ3v) is 19.8. The molecule has 0 aliphatic rings. The van der Waals surface area contributed by atoms with Crippen LogP contribution in [0.1, 0.15) is 376 Å². The number of unbranched alkanes of at least 4 members (excludes halogenated alkanes) is 38. The molecule has 0 aliphatic heterocycles. The van der Waals surface area contributed by atoms with Crippen LogP contribution >= 0.6 is 15.6 Å². The second-order valence-electron chi connectivity index (χ2n) is 27.6. The Bertz CT molecular complexity index is 1820. The molecule has 0 heterocycles. The maximum absolute atomic E-state index is 13.1. The molecule has 17 nitrogen and oxygen atoms in total. The lowest BCUT2D eigenvalue weighted by atomic mass is 9.99. The van der Waals surface area contributed by atoms with Crippen LogP contribution in [0.2, 0.25) is 0 Å². The van der Waals surface area contributed by atoms with Gasteiger partial charge in [-0.25, -0.2) is 9.13 Å². The van der Waals surface area contributed by atoms with Gasteiger partial charge in [0.1, 0.15) is 19.3 Å². The minimum Gasteiger partial charge on any atom is -0.462 e. The van der Waals surface area contributed by atoms with Crippen LogP contribution in [0.4, 0.5) is 0 Å². The lowest BCUT2D eigenvalue weighted by Crippen LogP contribution is -2.30. The average Bonchev–Trinajstić information content (AvgIpc) is 3.54. The van der Waals surface area contributed by atoms with Gasteiger partial charge in [-0.15, -0.1) is 0 Å². The summed E-state index contributed by atoms with van der Waals surface area (Å²) in [6.45, 7) is 11.8. The molecule has 0 fully saturated rings. The topological polar surface area (TPSA) is 237 Å². The minimum absolute atomic E-state index is 0.104. The van der Waals surface area contributed by atoms with Crippen molar-refractivity contribution in [2.45, 2.75) is 394 Å². The number of ether oxygens (including phenoxy) is 4. The number of esters is 4. The van der Waals surface area contributed by atoms with Gasteiger partial charge in [-0.05, 0) is 43.4 Å². The quantitative estimate of drug-likeness (QED) is 0.0222. The number of aliphatic hydroxyl groups is 1. The van der Waals surface area contributed by atoms with Crippen molar-refractivity contribution in [1.82, 2.24) is 0 Å². The molecule has 4 unspecified atom stereocenters. The van der Waals surface area contributed by atoms with Crippen molar-refractivity contribution >= 4 is 39.5 Å². The van der Waals surface area contributed by atoms with Crippen molar-refractivity contribution in [3.63, 3.8) is 0 Å². The number of phosphoric ester groups is 2. The van der Waals surface area contributed by atoms with Crippen molar-refractivity contribution in [3.8, 4) is 0 Å². The van der Waals surface area contributed by atoms with E-state index in [0.717, 1.165) is 108 Å².